The van der Waals surface area contributed by atoms with E-state index in [0.717, 1.165) is 35.5 Å². The first-order chi connectivity index (χ1) is 7.32. The molecule has 0 rings (SSSR count). The van der Waals surface area contributed by atoms with Crippen LogP contribution >= 0.6 is 0 Å². The highest BCUT2D eigenvalue weighted by molar-refractivity contribution is 4.78. The van der Waals surface area contributed by atoms with E-state index in [2.05, 4.69) is 55.4 Å². The van der Waals surface area contributed by atoms with Crippen LogP contribution < -0.4 is 0 Å². The Morgan fingerprint density at radius 3 is 1.38 bits per heavy atom. The Hall–Kier alpha value is 0. The highest BCUT2D eigenvalue weighted by atomic mass is 14.3. The van der Waals surface area contributed by atoms with Crippen LogP contribution in [-0.4, -0.2) is 0 Å². The van der Waals surface area contributed by atoms with Crippen molar-refractivity contribution in [3.05, 3.63) is 0 Å². The molecule has 0 heterocycles. The van der Waals surface area contributed by atoms with Gasteiger partial charge in [0.1, 0.15) is 0 Å². The maximum Gasteiger partial charge on any atom is -0.0358 e. The van der Waals surface area contributed by atoms with Gasteiger partial charge in [-0.1, -0.05) is 68.2 Å². The molecule has 4 atom stereocenters. The molecule has 0 saturated carbocycles. The monoisotopic (exact) mass is 226 g/mol. The number of hydrogen-bond donors (Lipinski definition) is 0. The Bertz CT molecular complexity index is 169. The SMILES string of the molecule is CCCC(C(C)C(C)C)C(C)C(C)C(C)C. The van der Waals surface area contributed by atoms with Crippen molar-refractivity contribution in [2.45, 2.75) is 68.2 Å². The maximum absolute atomic E-state index is 2.48. The summed E-state index contributed by atoms with van der Waals surface area (Å²) in [5.74, 6) is 5.10. The van der Waals surface area contributed by atoms with Crippen molar-refractivity contribution in [3.63, 3.8) is 0 Å². The van der Waals surface area contributed by atoms with Crippen LogP contribution in [0.2, 0.25) is 0 Å². The van der Waals surface area contributed by atoms with E-state index in [1.54, 1.807) is 0 Å². The Morgan fingerprint density at radius 1 is 0.625 bits per heavy atom. The van der Waals surface area contributed by atoms with E-state index in [4.69, 9.17) is 0 Å². The maximum atomic E-state index is 2.48. The summed E-state index contributed by atoms with van der Waals surface area (Å²) in [6, 6.07) is 0. The quantitative estimate of drug-likeness (QED) is 0.528. The molecule has 0 nitrogen and oxygen atoms in total. The van der Waals surface area contributed by atoms with Crippen LogP contribution in [0.4, 0.5) is 0 Å². The molecular weight excluding hydrogens is 192 g/mol. The fraction of sp³-hybridized carbons (Fsp3) is 1.00. The molecule has 0 bridgehead atoms. The average Bonchev–Trinajstić information content (AvgIpc) is 2.22. The van der Waals surface area contributed by atoms with Gasteiger partial charge in [0.2, 0.25) is 0 Å². The second-order valence-corrected chi connectivity index (χ2v) is 6.52. The Balaban J connectivity index is 4.63. The molecule has 0 aliphatic heterocycles. The predicted octanol–water partition coefficient (Wildman–Crippen LogP) is 5.62. The first kappa shape index (κ1) is 16.0. The summed E-state index contributed by atoms with van der Waals surface area (Å²) in [7, 11) is 0. The van der Waals surface area contributed by atoms with E-state index >= 15 is 0 Å². The van der Waals surface area contributed by atoms with Crippen molar-refractivity contribution >= 4 is 0 Å². The third-order valence-electron chi connectivity index (χ3n) is 4.91. The molecule has 0 aromatic rings. The Morgan fingerprint density at radius 2 is 1.06 bits per heavy atom. The summed E-state index contributed by atoms with van der Waals surface area (Å²) in [4.78, 5) is 0. The molecule has 0 heteroatoms. The molecule has 0 radical (unpaired) electrons. The molecule has 0 aromatic carbocycles. The molecule has 0 aliphatic rings. The topological polar surface area (TPSA) is 0 Å². The van der Waals surface area contributed by atoms with Gasteiger partial charge in [0.15, 0.2) is 0 Å². The minimum Gasteiger partial charge on any atom is -0.0654 e. The van der Waals surface area contributed by atoms with Crippen LogP contribution in [0.15, 0.2) is 0 Å². The minimum absolute atomic E-state index is 0.814. The van der Waals surface area contributed by atoms with E-state index in [9.17, 15) is 0 Å². The van der Waals surface area contributed by atoms with Crippen LogP contribution in [0.3, 0.4) is 0 Å². The Kier molecular flexibility index (Phi) is 7.35. The van der Waals surface area contributed by atoms with Gasteiger partial charge in [0.25, 0.3) is 0 Å². The number of hydrogen-bond acceptors (Lipinski definition) is 0. The van der Waals surface area contributed by atoms with Crippen molar-refractivity contribution in [1.29, 1.82) is 0 Å². The molecule has 0 saturated heterocycles. The highest BCUT2D eigenvalue weighted by Crippen LogP contribution is 2.37. The normalized spacial score (nSPS) is 19.9. The van der Waals surface area contributed by atoms with Crippen LogP contribution in [0.25, 0.3) is 0 Å². The van der Waals surface area contributed by atoms with E-state index in [-0.39, 0.29) is 0 Å². The van der Waals surface area contributed by atoms with Gasteiger partial charge in [-0.25, -0.2) is 0 Å². The van der Waals surface area contributed by atoms with Crippen LogP contribution in [0.1, 0.15) is 68.2 Å². The second-order valence-electron chi connectivity index (χ2n) is 6.52. The Labute approximate surface area is 104 Å². The van der Waals surface area contributed by atoms with E-state index in [0.29, 0.717) is 0 Å². The fourth-order valence-electron chi connectivity index (χ4n) is 2.83. The summed E-state index contributed by atoms with van der Waals surface area (Å²) in [6.45, 7) is 19.2. The lowest BCUT2D eigenvalue weighted by molar-refractivity contribution is 0.126. The van der Waals surface area contributed by atoms with Gasteiger partial charge in [-0.3, -0.25) is 0 Å². The van der Waals surface area contributed by atoms with E-state index in [1.807, 2.05) is 0 Å². The zero-order valence-corrected chi connectivity index (χ0v) is 12.9. The van der Waals surface area contributed by atoms with Gasteiger partial charge in [-0.2, -0.15) is 0 Å². The molecule has 16 heavy (non-hydrogen) atoms. The van der Waals surface area contributed by atoms with E-state index < -0.39 is 0 Å². The first-order valence-corrected chi connectivity index (χ1v) is 7.32. The first-order valence-electron chi connectivity index (χ1n) is 7.32. The summed E-state index contributed by atoms with van der Waals surface area (Å²) in [5.41, 5.74) is 0. The lowest BCUT2D eigenvalue weighted by Gasteiger charge is -2.36. The molecule has 4 unspecified atom stereocenters. The van der Waals surface area contributed by atoms with Crippen LogP contribution in [-0.2, 0) is 0 Å². The van der Waals surface area contributed by atoms with Gasteiger partial charge in [-0.05, 0) is 35.5 Å². The molecule has 0 fully saturated rings. The third-order valence-corrected chi connectivity index (χ3v) is 4.91. The third kappa shape index (κ3) is 4.47. The molecule has 0 aromatic heterocycles. The molecule has 0 N–H and O–H groups in total. The van der Waals surface area contributed by atoms with Crippen molar-refractivity contribution in [3.8, 4) is 0 Å². The largest absolute Gasteiger partial charge is 0.0654 e. The lowest BCUT2D eigenvalue weighted by atomic mass is 9.69. The zero-order chi connectivity index (χ0) is 12.9. The van der Waals surface area contributed by atoms with Crippen molar-refractivity contribution in [1.82, 2.24) is 0 Å². The second kappa shape index (κ2) is 7.35. The van der Waals surface area contributed by atoms with Gasteiger partial charge in [0, 0.05) is 0 Å². The molecule has 0 amide bonds. The van der Waals surface area contributed by atoms with Gasteiger partial charge >= 0.3 is 0 Å². The molecule has 0 aliphatic carbocycles. The summed E-state index contributed by atoms with van der Waals surface area (Å²) >= 11 is 0. The van der Waals surface area contributed by atoms with Crippen molar-refractivity contribution in [2.75, 3.05) is 0 Å². The highest BCUT2D eigenvalue weighted by Gasteiger charge is 2.29. The van der Waals surface area contributed by atoms with E-state index in [1.165, 1.54) is 12.8 Å². The van der Waals surface area contributed by atoms with Crippen LogP contribution in [0.5, 0.6) is 0 Å². The minimum atomic E-state index is 0.814. The predicted molar refractivity (Wildman–Crippen MR) is 75.6 cm³/mol. The van der Waals surface area contributed by atoms with Gasteiger partial charge in [-0.15, -0.1) is 0 Å². The van der Waals surface area contributed by atoms with Gasteiger partial charge < -0.3 is 0 Å². The van der Waals surface area contributed by atoms with Crippen molar-refractivity contribution in [2.24, 2.45) is 35.5 Å². The number of rotatable bonds is 7. The average molecular weight is 226 g/mol. The fourth-order valence-corrected chi connectivity index (χ4v) is 2.83. The summed E-state index contributed by atoms with van der Waals surface area (Å²) in [5, 5.41) is 0. The summed E-state index contributed by atoms with van der Waals surface area (Å²) in [6.07, 6.45) is 2.73. The lowest BCUT2D eigenvalue weighted by Crippen LogP contribution is -2.29. The molecule has 0 spiro atoms. The van der Waals surface area contributed by atoms with Crippen LogP contribution in [0, 0.1) is 35.5 Å². The standard InChI is InChI=1S/C16H34/c1-9-10-16(14(7)12(4)5)15(8)13(6)11(2)3/h11-16H,9-10H2,1-8H3. The zero-order valence-electron chi connectivity index (χ0n) is 12.9. The van der Waals surface area contributed by atoms with Gasteiger partial charge in [0.05, 0.1) is 0 Å². The van der Waals surface area contributed by atoms with Crippen molar-refractivity contribution < 1.29 is 0 Å². The molecule has 98 valence electrons. The smallest absolute Gasteiger partial charge is 0.0358 e. The molecular formula is C16H34. The summed E-state index contributed by atoms with van der Waals surface area (Å²) < 4.78 is 0.